The lowest BCUT2D eigenvalue weighted by molar-refractivity contribution is -0.141. The Labute approximate surface area is 96.8 Å². The van der Waals surface area contributed by atoms with Gasteiger partial charge in [0.25, 0.3) is 0 Å². The molecule has 0 fully saturated rings. The van der Waals surface area contributed by atoms with Crippen molar-refractivity contribution in [3.63, 3.8) is 0 Å². The van der Waals surface area contributed by atoms with Crippen molar-refractivity contribution in [3.8, 4) is 0 Å². The van der Waals surface area contributed by atoms with Gasteiger partial charge >= 0.3 is 5.97 Å². The molecule has 0 aliphatic heterocycles. The Bertz CT molecular complexity index is 350. The number of ether oxygens (including phenoxy) is 1. The van der Waals surface area contributed by atoms with E-state index in [4.69, 9.17) is 4.74 Å². The van der Waals surface area contributed by atoms with Gasteiger partial charge in [-0.1, -0.05) is 25.5 Å². The Hall–Kier alpha value is -1.51. The molecule has 1 N–H and O–H groups in total. The molecule has 0 radical (unpaired) electrons. The maximum Gasteiger partial charge on any atom is 0.328 e. The fraction of sp³-hybridized carbons (Fsp3) is 0.462. The van der Waals surface area contributed by atoms with Crippen molar-refractivity contribution in [1.29, 1.82) is 0 Å². The first-order valence-corrected chi connectivity index (χ1v) is 5.58. The molecular weight excluding hydrogens is 202 g/mol. The number of methoxy groups -OCH3 is 1. The summed E-state index contributed by atoms with van der Waals surface area (Å²) < 4.78 is 4.77. The molecule has 16 heavy (non-hydrogen) atoms. The summed E-state index contributed by atoms with van der Waals surface area (Å²) >= 11 is 0. The van der Waals surface area contributed by atoms with Gasteiger partial charge in [-0.2, -0.15) is 0 Å². The van der Waals surface area contributed by atoms with Gasteiger partial charge in [-0.05, 0) is 31.0 Å². The van der Waals surface area contributed by atoms with Crippen molar-refractivity contribution >= 4 is 11.7 Å². The monoisotopic (exact) mass is 221 g/mol. The van der Waals surface area contributed by atoms with E-state index in [0.717, 1.165) is 18.5 Å². The van der Waals surface area contributed by atoms with Gasteiger partial charge in [0.1, 0.15) is 6.04 Å². The molecule has 1 unspecified atom stereocenters. The average Bonchev–Trinajstić information content (AvgIpc) is 2.27. The number of hydrogen-bond acceptors (Lipinski definition) is 3. The van der Waals surface area contributed by atoms with Crippen LogP contribution < -0.4 is 5.32 Å². The predicted molar refractivity (Wildman–Crippen MR) is 65.5 cm³/mol. The minimum atomic E-state index is -0.253. The van der Waals surface area contributed by atoms with E-state index in [1.54, 1.807) is 0 Å². The van der Waals surface area contributed by atoms with Crippen LogP contribution in [0.25, 0.3) is 0 Å². The third-order valence-electron chi connectivity index (χ3n) is 2.42. The number of aryl methyl sites for hydroxylation is 1. The standard InChI is InChI=1S/C13H19NO2/c1-4-6-12(13(15)16-3)14-11-8-5-7-10(2)9-11/h5,7-9,12,14H,4,6H2,1-3H3. The highest BCUT2D eigenvalue weighted by Gasteiger charge is 2.17. The predicted octanol–water partition coefficient (Wildman–Crippen LogP) is 2.75. The van der Waals surface area contributed by atoms with Gasteiger partial charge in [0.2, 0.25) is 0 Å². The van der Waals surface area contributed by atoms with Crippen LogP contribution in [0.5, 0.6) is 0 Å². The molecule has 0 aromatic heterocycles. The summed E-state index contributed by atoms with van der Waals surface area (Å²) in [5.41, 5.74) is 2.13. The van der Waals surface area contributed by atoms with Gasteiger partial charge in [-0.15, -0.1) is 0 Å². The van der Waals surface area contributed by atoms with E-state index in [-0.39, 0.29) is 12.0 Å². The van der Waals surface area contributed by atoms with Crippen LogP contribution in [0.3, 0.4) is 0 Å². The van der Waals surface area contributed by atoms with Crippen LogP contribution in [0.4, 0.5) is 5.69 Å². The second kappa shape index (κ2) is 6.16. The fourth-order valence-corrected chi connectivity index (χ4v) is 1.62. The molecule has 1 rings (SSSR count). The number of esters is 1. The number of nitrogens with one attached hydrogen (secondary N) is 1. The normalized spacial score (nSPS) is 11.9. The summed E-state index contributed by atoms with van der Waals surface area (Å²) in [4.78, 5) is 11.5. The van der Waals surface area contributed by atoms with E-state index in [0.29, 0.717) is 0 Å². The molecule has 0 saturated carbocycles. The number of carbonyl (C=O) groups excluding carboxylic acids is 1. The first-order valence-electron chi connectivity index (χ1n) is 5.58. The molecule has 3 nitrogen and oxygen atoms in total. The zero-order chi connectivity index (χ0) is 12.0. The quantitative estimate of drug-likeness (QED) is 0.777. The molecule has 0 heterocycles. The maximum absolute atomic E-state index is 11.5. The van der Waals surface area contributed by atoms with E-state index < -0.39 is 0 Å². The number of carbonyl (C=O) groups is 1. The molecule has 0 bridgehead atoms. The van der Waals surface area contributed by atoms with E-state index >= 15 is 0 Å². The molecule has 3 heteroatoms. The molecule has 0 spiro atoms. The molecule has 1 aromatic rings. The summed E-state index contributed by atoms with van der Waals surface area (Å²) in [5, 5.41) is 3.20. The van der Waals surface area contributed by atoms with Crippen LogP contribution in [0.1, 0.15) is 25.3 Å². The van der Waals surface area contributed by atoms with Crippen molar-refractivity contribution in [2.24, 2.45) is 0 Å². The minimum Gasteiger partial charge on any atom is -0.467 e. The van der Waals surface area contributed by atoms with Crippen molar-refractivity contribution in [2.75, 3.05) is 12.4 Å². The van der Waals surface area contributed by atoms with Gasteiger partial charge in [0.15, 0.2) is 0 Å². The van der Waals surface area contributed by atoms with Crippen LogP contribution in [0.2, 0.25) is 0 Å². The summed E-state index contributed by atoms with van der Waals surface area (Å²) in [7, 11) is 1.42. The lowest BCUT2D eigenvalue weighted by atomic mass is 10.1. The molecule has 0 aliphatic carbocycles. The zero-order valence-electron chi connectivity index (χ0n) is 10.1. The maximum atomic E-state index is 11.5. The molecule has 1 atom stereocenters. The molecule has 0 aliphatic rings. The van der Waals surface area contributed by atoms with Crippen LogP contribution in [-0.2, 0) is 9.53 Å². The van der Waals surface area contributed by atoms with Crippen LogP contribution in [-0.4, -0.2) is 19.1 Å². The van der Waals surface area contributed by atoms with Crippen LogP contribution in [0, 0.1) is 6.92 Å². The molecule has 88 valence electrons. The van der Waals surface area contributed by atoms with Crippen molar-refractivity contribution < 1.29 is 9.53 Å². The average molecular weight is 221 g/mol. The van der Waals surface area contributed by atoms with Crippen molar-refractivity contribution in [2.45, 2.75) is 32.7 Å². The summed E-state index contributed by atoms with van der Waals surface area (Å²) in [6, 6.07) is 7.72. The molecule has 0 amide bonds. The zero-order valence-corrected chi connectivity index (χ0v) is 10.1. The molecule has 0 saturated heterocycles. The minimum absolute atomic E-state index is 0.205. The highest BCUT2D eigenvalue weighted by molar-refractivity contribution is 5.79. The molecule has 1 aromatic carbocycles. The van der Waals surface area contributed by atoms with Crippen LogP contribution in [0.15, 0.2) is 24.3 Å². The lowest BCUT2D eigenvalue weighted by Crippen LogP contribution is -2.30. The number of hydrogen-bond donors (Lipinski definition) is 1. The Morgan fingerprint density at radius 3 is 2.81 bits per heavy atom. The topological polar surface area (TPSA) is 38.3 Å². The number of rotatable bonds is 5. The Morgan fingerprint density at radius 1 is 1.50 bits per heavy atom. The molecular formula is C13H19NO2. The summed E-state index contributed by atoms with van der Waals surface area (Å²) in [6.07, 6.45) is 1.72. The van der Waals surface area contributed by atoms with Gasteiger partial charge in [-0.3, -0.25) is 0 Å². The lowest BCUT2D eigenvalue weighted by Gasteiger charge is -2.17. The Morgan fingerprint density at radius 2 is 2.25 bits per heavy atom. The van der Waals surface area contributed by atoms with E-state index in [1.807, 2.05) is 38.1 Å². The smallest absolute Gasteiger partial charge is 0.328 e. The summed E-state index contributed by atoms with van der Waals surface area (Å²) in [6.45, 7) is 4.08. The van der Waals surface area contributed by atoms with E-state index in [1.165, 1.54) is 12.7 Å². The van der Waals surface area contributed by atoms with Gasteiger partial charge < -0.3 is 10.1 Å². The van der Waals surface area contributed by atoms with Gasteiger partial charge in [0, 0.05) is 5.69 Å². The van der Waals surface area contributed by atoms with Crippen LogP contribution >= 0.6 is 0 Å². The second-order valence-electron chi connectivity index (χ2n) is 3.88. The van der Waals surface area contributed by atoms with Gasteiger partial charge in [-0.25, -0.2) is 4.79 Å². The Balaban J connectivity index is 2.71. The SMILES string of the molecule is CCCC(Nc1cccc(C)c1)C(=O)OC. The van der Waals surface area contributed by atoms with E-state index in [9.17, 15) is 4.79 Å². The number of anilines is 1. The third kappa shape index (κ3) is 3.57. The van der Waals surface area contributed by atoms with Gasteiger partial charge in [0.05, 0.1) is 7.11 Å². The highest BCUT2D eigenvalue weighted by atomic mass is 16.5. The first-order chi connectivity index (χ1) is 7.67. The first kappa shape index (κ1) is 12.6. The highest BCUT2D eigenvalue weighted by Crippen LogP contribution is 2.13. The largest absolute Gasteiger partial charge is 0.467 e. The van der Waals surface area contributed by atoms with Crippen molar-refractivity contribution in [3.05, 3.63) is 29.8 Å². The van der Waals surface area contributed by atoms with E-state index in [2.05, 4.69) is 5.32 Å². The Kier molecular flexibility index (Phi) is 4.83. The summed E-state index contributed by atoms with van der Waals surface area (Å²) in [5.74, 6) is -0.205. The number of benzene rings is 1. The third-order valence-corrected chi connectivity index (χ3v) is 2.42. The van der Waals surface area contributed by atoms with Crippen molar-refractivity contribution in [1.82, 2.24) is 0 Å². The second-order valence-corrected chi connectivity index (χ2v) is 3.88. The fourth-order valence-electron chi connectivity index (χ4n) is 1.62.